The van der Waals surface area contributed by atoms with Crippen LogP contribution in [0.5, 0.6) is 0 Å². The Balaban J connectivity index is 2.64. The molecule has 1 aromatic rings. The van der Waals surface area contributed by atoms with Gasteiger partial charge < -0.3 is 15.7 Å². The predicted molar refractivity (Wildman–Crippen MR) is 79.4 cm³/mol. The van der Waals surface area contributed by atoms with Crippen molar-refractivity contribution in [3.05, 3.63) is 28.8 Å². The van der Waals surface area contributed by atoms with Gasteiger partial charge in [0, 0.05) is 23.5 Å². The van der Waals surface area contributed by atoms with Gasteiger partial charge in [0.2, 0.25) is 5.91 Å². The van der Waals surface area contributed by atoms with E-state index in [2.05, 4.69) is 10.6 Å². The molecule has 0 aliphatic rings. The van der Waals surface area contributed by atoms with Crippen molar-refractivity contribution in [2.75, 3.05) is 11.9 Å². The molecule has 3 N–H and O–H groups in total. The third-order valence-electron chi connectivity index (χ3n) is 2.49. The Morgan fingerprint density at radius 2 is 1.95 bits per heavy atom. The third kappa shape index (κ3) is 5.59. The largest absolute Gasteiger partial charge is 0.478 e. The van der Waals surface area contributed by atoms with Crippen molar-refractivity contribution in [2.24, 2.45) is 0 Å². The summed E-state index contributed by atoms with van der Waals surface area (Å²) in [7, 11) is 0. The SMILES string of the molecule is CC(C)(C)NCCC(=O)Nc1ccc(Cl)cc1C(=O)O. The number of carbonyl (C=O) groups is 2. The molecule has 1 aromatic carbocycles. The van der Waals surface area contributed by atoms with E-state index in [4.69, 9.17) is 16.7 Å². The maximum atomic E-state index is 11.8. The molecule has 0 aliphatic carbocycles. The van der Waals surface area contributed by atoms with Crippen LogP contribution in [0.25, 0.3) is 0 Å². The summed E-state index contributed by atoms with van der Waals surface area (Å²) in [6.07, 6.45) is 0.263. The Labute approximate surface area is 123 Å². The van der Waals surface area contributed by atoms with Gasteiger partial charge in [-0.3, -0.25) is 4.79 Å². The van der Waals surface area contributed by atoms with Crippen molar-refractivity contribution in [1.82, 2.24) is 5.32 Å². The van der Waals surface area contributed by atoms with E-state index in [0.29, 0.717) is 11.6 Å². The van der Waals surface area contributed by atoms with E-state index in [0.717, 1.165) is 0 Å². The molecular formula is C14H19ClN2O3. The lowest BCUT2D eigenvalue weighted by Crippen LogP contribution is -2.37. The van der Waals surface area contributed by atoms with Gasteiger partial charge in [0.25, 0.3) is 0 Å². The van der Waals surface area contributed by atoms with Crippen LogP contribution in [0.4, 0.5) is 5.69 Å². The summed E-state index contributed by atoms with van der Waals surface area (Å²) in [5.41, 5.74) is 0.171. The Hall–Kier alpha value is -1.59. The lowest BCUT2D eigenvalue weighted by molar-refractivity contribution is -0.116. The van der Waals surface area contributed by atoms with Crippen LogP contribution in [0.15, 0.2) is 18.2 Å². The number of halogens is 1. The van der Waals surface area contributed by atoms with Crippen molar-refractivity contribution in [3.63, 3.8) is 0 Å². The topological polar surface area (TPSA) is 78.4 Å². The van der Waals surface area contributed by atoms with E-state index in [1.807, 2.05) is 20.8 Å². The molecule has 0 atom stereocenters. The van der Waals surface area contributed by atoms with Crippen LogP contribution in [0.3, 0.4) is 0 Å². The molecule has 20 heavy (non-hydrogen) atoms. The average Bonchev–Trinajstić information content (AvgIpc) is 2.29. The van der Waals surface area contributed by atoms with Crippen molar-refractivity contribution < 1.29 is 14.7 Å². The molecule has 1 amide bonds. The Bertz CT molecular complexity index is 510. The number of benzene rings is 1. The highest BCUT2D eigenvalue weighted by molar-refractivity contribution is 6.31. The molecule has 0 radical (unpaired) electrons. The molecule has 5 nitrogen and oxygen atoms in total. The lowest BCUT2D eigenvalue weighted by Gasteiger charge is -2.20. The Morgan fingerprint density at radius 3 is 2.50 bits per heavy atom. The second-order valence-electron chi connectivity index (χ2n) is 5.47. The smallest absolute Gasteiger partial charge is 0.337 e. The first-order chi connectivity index (χ1) is 9.19. The first-order valence-electron chi connectivity index (χ1n) is 6.27. The highest BCUT2D eigenvalue weighted by Gasteiger charge is 2.14. The van der Waals surface area contributed by atoms with Crippen LogP contribution in [-0.2, 0) is 4.79 Å². The molecule has 0 saturated heterocycles. The number of rotatable bonds is 5. The van der Waals surface area contributed by atoms with Gasteiger partial charge in [-0.25, -0.2) is 4.79 Å². The predicted octanol–water partition coefficient (Wildman–Crippen LogP) is 2.75. The number of anilines is 1. The van der Waals surface area contributed by atoms with Gasteiger partial charge in [-0.2, -0.15) is 0 Å². The maximum Gasteiger partial charge on any atom is 0.337 e. The second-order valence-corrected chi connectivity index (χ2v) is 5.91. The minimum Gasteiger partial charge on any atom is -0.478 e. The first-order valence-corrected chi connectivity index (χ1v) is 6.64. The highest BCUT2D eigenvalue weighted by atomic mass is 35.5. The lowest BCUT2D eigenvalue weighted by atomic mass is 10.1. The zero-order valence-electron chi connectivity index (χ0n) is 11.8. The number of hydrogen-bond acceptors (Lipinski definition) is 3. The fraction of sp³-hybridized carbons (Fsp3) is 0.429. The number of carboxylic acids is 1. The van der Waals surface area contributed by atoms with Gasteiger partial charge in [-0.15, -0.1) is 0 Å². The van der Waals surface area contributed by atoms with Crippen molar-refractivity contribution in [2.45, 2.75) is 32.7 Å². The molecule has 0 heterocycles. The second kappa shape index (κ2) is 6.72. The van der Waals surface area contributed by atoms with Gasteiger partial charge in [-0.1, -0.05) is 11.6 Å². The summed E-state index contributed by atoms with van der Waals surface area (Å²) in [6, 6.07) is 4.34. The standard InChI is InChI=1S/C14H19ClN2O3/c1-14(2,3)16-7-6-12(18)17-11-5-4-9(15)8-10(11)13(19)20/h4-5,8,16H,6-7H2,1-3H3,(H,17,18)(H,19,20). The molecular weight excluding hydrogens is 280 g/mol. The van der Waals surface area contributed by atoms with Gasteiger partial charge in [0.15, 0.2) is 0 Å². The van der Waals surface area contributed by atoms with Crippen LogP contribution < -0.4 is 10.6 Å². The number of amides is 1. The first kappa shape index (κ1) is 16.5. The summed E-state index contributed by atoms with van der Waals surface area (Å²) in [5, 5.41) is 15.2. The molecule has 110 valence electrons. The number of hydrogen-bond donors (Lipinski definition) is 3. The van der Waals surface area contributed by atoms with E-state index >= 15 is 0 Å². The van der Waals surface area contributed by atoms with Crippen molar-refractivity contribution >= 4 is 29.2 Å². The molecule has 0 bridgehead atoms. The Morgan fingerprint density at radius 1 is 1.30 bits per heavy atom. The third-order valence-corrected chi connectivity index (χ3v) is 2.73. The average molecular weight is 299 g/mol. The quantitative estimate of drug-likeness (QED) is 0.781. The van der Waals surface area contributed by atoms with Gasteiger partial charge in [0.05, 0.1) is 11.3 Å². The van der Waals surface area contributed by atoms with Crippen LogP contribution in [-0.4, -0.2) is 29.1 Å². The van der Waals surface area contributed by atoms with E-state index < -0.39 is 5.97 Å². The molecule has 6 heteroatoms. The maximum absolute atomic E-state index is 11.8. The molecule has 0 aliphatic heterocycles. The summed E-state index contributed by atoms with van der Waals surface area (Å²) in [4.78, 5) is 22.9. The minimum absolute atomic E-state index is 0.0189. The van der Waals surface area contributed by atoms with E-state index in [1.165, 1.54) is 18.2 Å². The Kier molecular flexibility index (Phi) is 5.53. The van der Waals surface area contributed by atoms with Gasteiger partial charge >= 0.3 is 5.97 Å². The summed E-state index contributed by atoms with van der Waals surface area (Å²) < 4.78 is 0. The van der Waals surface area contributed by atoms with Crippen LogP contribution in [0.2, 0.25) is 5.02 Å². The van der Waals surface area contributed by atoms with E-state index in [-0.39, 0.29) is 29.1 Å². The number of aromatic carboxylic acids is 1. The number of carboxylic acid groups (broad SMARTS) is 1. The number of nitrogens with one attached hydrogen (secondary N) is 2. The van der Waals surface area contributed by atoms with Gasteiger partial charge in [0.1, 0.15) is 0 Å². The molecule has 0 fully saturated rings. The van der Waals surface area contributed by atoms with E-state index in [1.54, 1.807) is 0 Å². The van der Waals surface area contributed by atoms with Crippen molar-refractivity contribution in [1.29, 1.82) is 0 Å². The molecule has 0 saturated carbocycles. The highest BCUT2D eigenvalue weighted by Crippen LogP contribution is 2.20. The van der Waals surface area contributed by atoms with Crippen molar-refractivity contribution in [3.8, 4) is 0 Å². The van der Waals surface area contributed by atoms with Gasteiger partial charge in [-0.05, 0) is 39.0 Å². The monoisotopic (exact) mass is 298 g/mol. The van der Waals surface area contributed by atoms with Crippen LogP contribution in [0.1, 0.15) is 37.6 Å². The normalized spacial score (nSPS) is 11.2. The minimum atomic E-state index is -1.13. The van der Waals surface area contributed by atoms with E-state index in [9.17, 15) is 9.59 Å². The zero-order valence-corrected chi connectivity index (χ0v) is 12.5. The fourth-order valence-electron chi connectivity index (χ4n) is 1.57. The summed E-state index contributed by atoms with van der Waals surface area (Å²) in [5.74, 6) is -1.37. The molecule has 1 rings (SSSR count). The fourth-order valence-corrected chi connectivity index (χ4v) is 1.74. The summed E-state index contributed by atoms with van der Waals surface area (Å²) in [6.45, 7) is 6.54. The zero-order chi connectivity index (χ0) is 15.3. The summed E-state index contributed by atoms with van der Waals surface area (Å²) >= 11 is 5.75. The van der Waals surface area contributed by atoms with Crippen LogP contribution in [0, 0.1) is 0 Å². The van der Waals surface area contributed by atoms with Crippen LogP contribution >= 0.6 is 11.6 Å². The molecule has 0 spiro atoms. The molecule has 0 aromatic heterocycles. The number of carbonyl (C=O) groups excluding carboxylic acids is 1. The molecule has 0 unspecified atom stereocenters.